The average molecular weight is 336 g/mol. The molecule has 0 amide bonds. The molecule has 1 aliphatic heterocycles. The van der Waals surface area contributed by atoms with E-state index < -0.39 is 5.54 Å². The highest BCUT2D eigenvalue weighted by molar-refractivity contribution is 9.10. The second-order valence-electron chi connectivity index (χ2n) is 6.42. The highest BCUT2D eigenvalue weighted by Crippen LogP contribution is 2.50. The summed E-state index contributed by atoms with van der Waals surface area (Å²) in [6, 6.07) is 4.17. The smallest absolute Gasteiger partial charge is 0.235 e. The number of fused-ring (bicyclic) bond motifs is 1. The molecule has 4 heteroatoms. The molecule has 0 aromatic heterocycles. The van der Waals surface area contributed by atoms with Gasteiger partial charge in [-0.05, 0) is 44.4 Å². The fourth-order valence-corrected chi connectivity index (χ4v) is 4.01. The molecular formula is C16H18BrNO2. The van der Waals surface area contributed by atoms with Crippen LogP contribution in [0.1, 0.15) is 50.7 Å². The Kier molecular flexibility index (Phi) is 3.26. The van der Waals surface area contributed by atoms with Gasteiger partial charge in [0, 0.05) is 16.5 Å². The highest BCUT2D eigenvalue weighted by Gasteiger charge is 2.42. The topological polar surface area (TPSA) is 38.7 Å². The Morgan fingerprint density at radius 1 is 1.30 bits per heavy atom. The fraction of sp³-hybridized carbons (Fsp3) is 0.562. The zero-order chi connectivity index (χ0) is 14.4. The van der Waals surface area contributed by atoms with Crippen LogP contribution in [-0.2, 0) is 16.8 Å². The van der Waals surface area contributed by atoms with Gasteiger partial charge in [0.2, 0.25) is 6.08 Å². The molecule has 0 N–H and O–H groups in total. The van der Waals surface area contributed by atoms with Crippen LogP contribution >= 0.6 is 15.9 Å². The lowest BCUT2D eigenvalue weighted by atomic mass is 9.86. The molecular weight excluding hydrogens is 318 g/mol. The summed E-state index contributed by atoms with van der Waals surface area (Å²) in [7, 11) is 0. The number of rotatable bonds is 2. The van der Waals surface area contributed by atoms with Gasteiger partial charge in [0.1, 0.15) is 16.9 Å². The number of isocyanates is 1. The van der Waals surface area contributed by atoms with E-state index in [0.29, 0.717) is 0 Å². The van der Waals surface area contributed by atoms with Crippen molar-refractivity contribution in [2.24, 2.45) is 4.99 Å². The summed E-state index contributed by atoms with van der Waals surface area (Å²) in [6.07, 6.45) is 6.65. The Hall–Kier alpha value is -1.12. The van der Waals surface area contributed by atoms with Crippen LogP contribution in [0, 0.1) is 0 Å². The molecule has 1 heterocycles. The summed E-state index contributed by atoms with van der Waals surface area (Å²) >= 11 is 3.58. The van der Waals surface area contributed by atoms with Gasteiger partial charge in [-0.15, -0.1) is 0 Å². The largest absolute Gasteiger partial charge is 0.487 e. The van der Waals surface area contributed by atoms with Gasteiger partial charge in [-0.2, -0.15) is 4.99 Å². The Morgan fingerprint density at radius 3 is 2.65 bits per heavy atom. The molecule has 106 valence electrons. The van der Waals surface area contributed by atoms with Crippen LogP contribution in [0.5, 0.6) is 5.75 Å². The minimum Gasteiger partial charge on any atom is -0.487 e. The van der Waals surface area contributed by atoms with Gasteiger partial charge in [0.05, 0.1) is 0 Å². The van der Waals surface area contributed by atoms with Crippen LogP contribution in [0.2, 0.25) is 0 Å². The lowest BCUT2D eigenvalue weighted by Gasteiger charge is -2.26. The summed E-state index contributed by atoms with van der Waals surface area (Å²) in [5.74, 6) is 0.930. The molecule has 1 aromatic carbocycles. The minimum atomic E-state index is -0.434. The van der Waals surface area contributed by atoms with Crippen molar-refractivity contribution in [1.82, 2.24) is 0 Å². The summed E-state index contributed by atoms with van der Waals surface area (Å²) in [5, 5.41) is 0. The molecule has 1 saturated carbocycles. The summed E-state index contributed by atoms with van der Waals surface area (Å²) in [5.41, 5.74) is 1.62. The Bertz CT molecular complexity index is 597. The molecule has 0 unspecified atom stereocenters. The first kappa shape index (κ1) is 13.8. The number of benzene rings is 1. The second-order valence-corrected chi connectivity index (χ2v) is 7.34. The monoisotopic (exact) mass is 335 g/mol. The number of hydrogen-bond donors (Lipinski definition) is 0. The van der Waals surface area contributed by atoms with Crippen LogP contribution in [0.3, 0.4) is 0 Å². The van der Waals surface area contributed by atoms with Crippen molar-refractivity contribution in [2.45, 2.75) is 57.1 Å². The van der Waals surface area contributed by atoms with Crippen molar-refractivity contribution in [2.75, 3.05) is 0 Å². The summed E-state index contributed by atoms with van der Waals surface area (Å²) < 4.78 is 7.18. The number of halogens is 1. The summed E-state index contributed by atoms with van der Waals surface area (Å²) in [4.78, 5) is 15.1. The highest BCUT2D eigenvalue weighted by atomic mass is 79.9. The van der Waals surface area contributed by atoms with Gasteiger partial charge >= 0.3 is 0 Å². The first-order chi connectivity index (χ1) is 9.46. The molecule has 1 aromatic rings. The molecule has 1 aliphatic carbocycles. The van der Waals surface area contributed by atoms with E-state index in [2.05, 4.69) is 46.9 Å². The first-order valence-corrected chi connectivity index (χ1v) is 7.86. The predicted molar refractivity (Wildman–Crippen MR) is 80.8 cm³/mol. The predicted octanol–water partition coefficient (Wildman–Crippen LogP) is 4.27. The van der Waals surface area contributed by atoms with Gasteiger partial charge in [-0.25, -0.2) is 4.79 Å². The molecule has 0 bridgehead atoms. The molecule has 3 rings (SSSR count). The molecule has 3 nitrogen and oxygen atoms in total. The fourth-order valence-electron chi connectivity index (χ4n) is 3.51. The Balaban J connectivity index is 2.18. The minimum absolute atomic E-state index is 0.192. The van der Waals surface area contributed by atoms with E-state index in [-0.39, 0.29) is 5.60 Å². The number of nitrogens with zero attached hydrogens (tertiary/aromatic N) is 1. The lowest BCUT2D eigenvalue weighted by molar-refractivity contribution is 0.135. The second kappa shape index (κ2) is 4.71. The van der Waals surface area contributed by atoms with E-state index in [4.69, 9.17) is 4.74 Å². The van der Waals surface area contributed by atoms with Gasteiger partial charge < -0.3 is 4.74 Å². The first-order valence-electron chi connectivity index (χ1n) is 7.07. The van der Waals surface area contributed by atoms with E-state index in [0.717, 1.165) is 47.9 Å². The van der Waals surface area contributed by atoms with Crippen LogP contribution in [0.4, 0.5) is 0 Å². The van der Waals surface area contributed by atoms with Gasteiger partial charge in [0.25, 0.3) is 0 Å². The molecule has 0 spiro atoms. The lowest BCUT2D eigenvalue weighted by Crippen LogP contribution is -2.26. The number of carbonyl (C=O) groups excluding carboxylic acids is 1. The third-order valence-electron chi connectivity index (χ3n) is 4.32. The maximum atomic E-state index is 10.9. The van der Waals surface area contributed by atoms with Crippen molar-refractivity contribution in [3.05, 3.63) is 27.7 Å². The van der Waals surface area contributed by atoms with Crippen molar-refractivity contribution in [3.8, 4) is 5.75 Å². The molecule has 20 heavy (non-hydrogen) atoms. The third kappa shape index (κ3) is 2.21. The molecule has 0 saturated heterocycles. The van der Waals surface area contributed by atoms with E-state index in [1.54, 1.807) is 6.08 Å². The number of aliphatic imine (C=N–C) groups is 1. The van der Waals surface area contributed by atoms with Crippen LogP contribution in [-0.4, -0.2) is 11.7 Å². The third-order valence-corrected chi connectivity index (χ3v) is 4.77. The normalized spacial score (nSPS) is 21.9. The van der Waals surface area contributed by atoms with Crippen LogP contribution in [0.25, 0.3) is 0 Å². The van der Waals surface area contributed by atoms with Crippen molar-refractivity contribution < 1.29 is 9.53 Å². The van der Waals surface area contributed by atoms with Crippen LogP contribution in [0.15, 0.2) is 21.6 Å². The Labute approximate surface area is 127 Å². The van der Waals surface area contributed by atoms with Crippen molar-refractivity contribution in [3.63, 3.8) is 0 Å². The van der Waals surface area contributed by atoms with E-state index in [1.807, 2.05) is 0 Å². The van der Waals surface area contributed by atoms with E-state index in [1.165, 1.54) is 5.56 Å². The zero-order valence-corrected chi connectivity index (χ0v) is 13.4. The molecule has 2 aliphatic rings. The molecule has 1 fully saturated rings. The quantitative estimate of drug-likeness (QED) is 0.598. The van der Waals surface area contributed by atoms with Gasteiger partial charge in [-0.3, -0.25) is 0 Å². The van der Waals surface area contributed by atoms with Gasteiger partial charge in [0.15, 0.2) is 0 Å². The number of ether oxygens (including phenoxy) is 1. The Morgan fingerprint density at radius 2 is 2.00 bits per heavy atom. The average Bonchev–Trinajstić information content (AvgIpc) is 2.92. The van der Waals surface area contributed by atoms with Crippen molar-refractivity contribution in [1.29, 1.82) is 0 Å². The summed E-state index contributed by atoms with van der Waals surface area (Å²) in [6.45, 7) is 4.18. The van der Waals surface area contributed by atoms with E-state index in [9.17, 15) is 4.79 Å². The molecule has 0 atom stereocenters. The maximum Gasteiger partial charge on any atom is 0.235 e. The van der Waals surface area contributed by atoms with E-state index >= 15 is 0 Å². The zero-order valence-electron chi connectivity index (χ0n) is 11.8. The SMILES string of the molecule is CC1(C)Cc2cc(Br)cc(C3(N=C=O)CCCC3)c2O1. The van der Waals surface area contributed by atoms with Crippen molar-refractivity contribution >= 4 is 22.0 Å². The van der Waals surface area contributed by atoms with Crippen LogP contribution < -0.4 is 4.74 Å². The van der Waals surface area contributed by atoms with Gasteiger partial charge in [-0.1, -0.05) is 28.8 Å². The molecule has 0 radical (unpaired) electrons. The maximum absolute atomic E-state index is 10.9. The number of hydrogen-bond acceptors (Lipinski definition) is 3. The standard InChI is InChI=1S/C16H18BrNO2/c1-15(2)9-11-7-12(17)8-13(14(11)20-15)16(18-10-19)5-3-4-6-16/h7-8H,3-6,9H2,1-2H3.